The number of fused-ring (bicyclic) bond motifs is 1. The summed E-state index contributed by atoms with van der Waals surface area (Å²) in [6.45, 7) is 7.36. The summed E-state index contributed by atoms with van der Waals surface area (Å²) in [6, 6.07) is 36.8. The molecule has 0 spiro atoms. The predicted molar refractivity (Wildman–Crippen MR) is 233 cm³/mol. The van der Waals surface area contributed by atoms with Crippen LogP contribution in [0.1, 0.15) is 104 Å². The summed E-state index contributed by atoms with van der Waals surface area (Å²) in [4.78, 5) is 0. The molecule has 6 rings (SSSR count). The van der Waals surface area contributed by atoms with Crippen LogP contribution in [-0.4, -0.2) is 36.6 Å². The number of rotatable bonds is 26. The van der Waals surface area contributed by atoms with E-state index in [4.69, 9.17) is 23.4 Å². The molecule has 1 heterocycles. The average Bonchev–Trinajstić information content (AvgIpc) is 3.75. The van der Waals surface area contributed by atoms with Gasteiger partial charge in [-0.05, 0) is 110 Å². The largest absolute Gasteiger partial charge is 0.494 e. The van der Waals surface area contributed by atoms with Gasteiger partial charge in [-0.25, -0.2) is 0 Å². The van der Waals surface area contributed by atoms with Crippen LogP contribution >= 0.6 is 0 Å². The van der Waals surface area contributed by atoms with Crippen LogP contribution in [-0.2, 0) is 0 Å². The van der Waals surface area contributed by atoms with Crippen molar-refractivity contribution in [1.82, 2.24) is 10.2 Å². The quantitative estimate of drug-likeness (QED) is 0.0509. The molecule has 6 aromatic rings. The number of nitrogens with zero attached hydrogens (tertiary/aromatic N) is 2. The molecule has 5 aromatic carbocycles. The molecule has 0 N–H and O–H groups in total. The van der Waals surface area contributed by atoms with Gasteiger partial charge in [-0.1, -0.05) is 114 Å². The van der Waals surface area contributed by atoms with Crippen molar-refractivity contribution in [1.29, 1.82) is 0 Å². The number of hydrogen-bond acceptors (Lipinski definition) is 7. The molecule has 0 aliphatic carbocycles. The minimum absolute atomic E-state index is 0.481. The number of unbranched alkanes of at least 4 members (excludes halogenated alkanes) is 11. The lowest BCUT2D eigenvalue weighted by molar-refractivity contribution is 0.289. The first-order valence-corrected chi connectivity index (χ1v) is 21.4. The van der Waals surface area contributed by atoms with E-state index in [0.29, 0.717) is 25.0 Å². The summed E-state index contributed by atoms with van der Waals surface area (Å²) in [7, 11) is 0. The number of ether oxygens (including phenoxy) is 4. The molecule has 0 bridgehead atoms. The number of benzene rings is 5. The van der Waals surface area contributed by atoms with Crippen molar-refractivity contribution >= 4 is 10.8 Å². The fourth-order valence-electron chi connectivity index (χ4n) is 6.92. The first kappa shape index (κ1) is 41.3. The lowest BCUT2D eigenvalue weighted by Gasteiger charge is -2.13. The molecule has 7 heteroatoms. The molecular formula is C50H60N2O5. The predicted octanol–water partition coefficient (Wildman–Crippen LogP) is 13.9. The van der Waals surface area contributed by atoms with E-state index < -0.39 is 0 Å². The standard InChI is InChI=1S/C50H60N2O5/c1-3-5-7-9-10-14-35-53-43-31-27-40(28-32-43)39-23-25-41(26-24-39)49-51-52-50(57-49)42-29-33-44(34-30-42)54-36-15-11-12-16-38-56-48-22-18-19-45-46(48)20-17-21-47(45)55-37-13-8-6-4-2/h17-34H,3-16,35-38H2,1-2H3. The van der Waals surface area contributed by atoms with Crippen molar-refractivity contribution in [2.75, 3.05) is 26.4 Å². The maximum absolute atomic E-state index is 6.22. The van der Waals surface area contributed by atoms with Gasteiger partial charge < -0.3 is 23.4 Å². The van der Waals surface area contributed by atoms with Crippen LogP contribution in [0, 0.1) is 0 Å². The van der Waals surface area contributed by atoms with Gasteiger partial charge in [0.15, 0.2) is 0 Å². The molecule has 57 heavy (non-hydrogen) atoms. The van der Waals surface area contributed by atoms with Crippen LogP contribution in [0.15, 0.2) is 114 Å². The zero-order valence-electron chi connectivity index (χ0n) is 34.1. The summed E-state index contributed by atoms with van der Waals surface area (Å²) in [5.41, 5.74) is 3.99. The molecule has 0 aliphatic heterocycles. The fourth-order valence-corrected chi connectivity index (χ4v) is 6.92. The van der Waals surface area contributed by atoms with Crippen molar-refractivity contribution in [3.63, 3.8) is 0 Å². The van der Waals surface area contributed by atoms with Crippen LogP contribution in [0.25, 0.3) is 44.8 Å². The molecule has 1 aromatic heterocycles. The van der Waals surface area contributed by atoms with Gasteiger partial charge in [0.2, 0.25) is 11.8 Å². The zero-order valence-corrected chi connectivity index (χ0v) is 34.1. The third-order valence-corrected chi connectivity index (χ3v) is 10.3. The van der Waals surface area contributed by atoms with Gasteiger partial charge in [0.1, 0.15) is 23.0 Å². The van der Waals surface area contributed by atoms with Crippen molar-refractivity contribution in [3.8, 4) is 57.0 Å². The summed E-state index contributed by atoms with van der Waals surface area (Å²) in [5, 5.41) is 10.9. The average molecular weight is 769 g/mol. The Hall–Kier alpha value is -5.30. The summed E-state index contributed by atoms with van der Waals surface area (Å²) < 4.78 is 30.4. The summed E-state index contributed by atoms with van der Waals surface area (Å²) >= 11 is 0. The Balaban J connectivity index is 0.873. The van der Waals surface area contributed by atoms with Crippen LogP contribution in [0.5, 0.6) is 23.0 Å². The first-order valence-electron chi connectivity index (χ1n) is 21.4. The molecule has 0 saturated carbocycles. The van der Waals surface area contributed by atoms with Crippen molar-refractivity contribution in [2.24, 2.45) is 0 Å². The van der Waals surface area contributed by atoms with E-state index in [1.165, 1.54) is 51.4 Å². The van der Waals surface area contributed by atoms with Gasteiger partial charge in [-0.2, -0.15) is 0 Å². The van der Waals surface area contributed by atoms with Crippen LogP contribution in [0.2, 0.25) is 0 Å². The minimum Gasteiger partial charge on any atom is -0.494 e. The fraction of sp³-hybridized carbons (Fsp3) is 0.400. The van der Waals surface area contributed by atoms with E-state index in [-0.39, 0.29) is 0 Å². The SMILES string of the molecule is CCCCCCCCOc1ccc(-c2ccc(-c3nnc(-c4ccc(OCCCCCCOc5cccc6c(OCCCCCC)cccc56)cc4)o3)cc2)cc1. The van der Waals surface area contributed by atoms with Crippen molar-refractivity contribution < 1.29 is 23.4 Å². The topological polar surface area (TPSA) is 75.8 Å². The molecule has 300 valence electrons. The molecule has 0 fully saturated rings. The highest BCUT2D eigenvalue weighted by atomic mass is 16.5. The van der Waals surface area contributed by atoms with Crippen LogP contribution in [0.3, 0.4) is 0 Å². The Labute approximate surface area is 339 Å². The Morgan fingerprint density at radius 1 is 0.368 bits per heavy atom. The van der Waals surface area contributed by atoms with E-state index in [9.17, 15) is 0 Å². The first-order chi connectivity index (χ1) is 28.2. The number of hydrogen-bond donors (Lipinski definition) is 0. The second-order valence-corrected chi connectivity index (χ2v) is 14.8. The highest BCUT2D eigenvalue weighted by Crippen LogP contribution is 2.33. The Kier molecular flexibility index (Phi) is 16.7. The van der Waals surface area contributed by atoms with Gasteiger partial charge in [0.25, 0.3) is 0 Å². The van der Waals surface area contributed by atoms with Crippen molar-refractivity contribution in [2.45, 2.75) is 104 Å². The van der Waals surface area contributed by atoms with Gasteiger partial charge in [0, 0.05) is 21.9 Å². The Bertz CT molecular complexity index is 2020. The zero-order chi connectivity index (χ0) is 39.3. The molecule has 0 unspecified atom stereocenters. The lowest BCUT2D eigenvalue weighted by atomic mass is 10.0. The molecule has 0 amide bonds. The minimum atomic E-state index is 0.481. The maximum atomic E-state index is 6.22. The summed E-state index contributed by atoms with van der Waals surface area (Å²) in [6.07, 6.45) is 16.5. The third-order valence-electron chi connectivity index (χ3n) is 10.3. The van der Waals surface area contributed by atoms with E-state index >= 15 is 0 Å². The van der Waals surface area contributed by atoms with E-state index in [0.717, 1.165) is 108 Å². The molecule has 0 atom stereocenters. The van der Waals surface area contributed by atoms with Crippen molar-refractivity contribution in [3.05, 3.63) is 109 Å². The molecule has 0 aliphatic rings. The summed E-state index contributed by atoms with van der Waals surface area (Å²) in [5.74, 6) is 4.58. The van der Waals surface area contributed by atoms with Crippen LogP contribution in [0.4, 0.5) is 0 Å². The molecular weight excluding hydrogens is 709 g/mol. The smallest absolute Gasteiger partial charge is 0.248 e. The highest BCUT2D eigenvalue weighted by Gasteiger charge is 2.12. The Morgan fingerprint density at radius 2 is 0.719 bits per heavy atom. The lowest BCUT2D eigenvalue weighted by Crippen LogP contribution is -2.01. The van der Waals surface area contributed by atoms with E-state index in [1.54, 1.807) is 0 Å². The van der Waals surface area contributed by atoms with E-state index in [1.807, 2.05) is 36.4 Å². The number of aromatic nitrogens is 2. The maximum Gasteiger partial charge on any atom is 0.248 e. The second kappa shape index (κ2) is 23.1. The molecule has 0 saturated heterocycles. The molecule has 7 nitrogen and oxygen atoms in total. The molecule has 0 radical (unpaired) electrons. The van der Waals surface area contributed by atoms with Gasteiger partial charge >= 0.3 is 0 Å². The van der Waals surface area contributed by atoms with E-state index in [2.05, 4.69) is 96.8 Å². The third kappa shape index (κ3) is 12.9. The van der Waals surface area contributed by atoms with Crippen LogP contribution < -0.4 is 18.9 Å². The Morgan fingerprint density at radius 3 is 1.18 bits per heavy atom. The second-order valence-electron chi connectivity index (χ2n) is 14.8. The monoisotopic (exact) mass is 768 g/mol. The van der Waals surface area contributed by atoms with Gasteiger partial charge in [-0.15, -0.1) is 10.2 Å². The van der Waals surface area contributed by atoms with Gasteiger partial charge in [-0.3, -0.25) is 0 Å². The van der Waals surface area contributed by atoms with Gasteiger partial charge in [0.05, 0.1) is 26.4 Å². The highest BCUT2D eigenvalue weighted by molar-refractivity contribution is 5.93. The normalized spacial score (nSPS) is 11.2.